The number of carbonyl (C=O) groups is 1. The largest absolute Gasteiger partial charge is 0.508 e. The molecule has 33 heavy (non-hydrogen) atoms. The van der Waals surface area contributed by atoms with E-state index < -0.39 is 0 Å². The minimum atomic E-state index is -0.227. The van der Waals surface area contributed by atoms with Gasteiger partial charge >= 0.3 is 0 Å². The van der Waals surface area contributed by atoms with Crippen LogP contribution in [-0.4, -0.2) is 26.1 Å². The Kier molecular flexibility index (Phi) is 5.46. The number of nitrogens with one attached hydrogen (secondary N) is 1. The van der Waals surface area contributed by atoms with Crippen molar-refractivity contribution in [1.82, 2.24) is 9.97 Å². The summed E-state index contributed by atoms with van der Waals surface area (Å²) >= 11 is 1.58. The summed E-state index contributed by atoms with van der Waals surface area (Å²) in [6.45, 7) is 0. The number of benzene rings is 3. The molecule has 3 N–H and O–H groups in total. The van der Waals surface area contributed by atoms with Crippen molar-refractivity contribution in [1.29, 1.82) is 0 Å². The van der Waals surface area contributed by atoms with Crippen LogP contribution in [0.1, 0.15) is 5.56 Å². The van der Waals surface area contributed by atoms with E-state index in [1.165, 1.54) is 0 Å². The molecule has 0 spiro atoms. The van der Waals surface area contributed by atoms with Crippen LogP contribution >= 0.6 is 11.3 Å². The number of anilines is 1. The van der Waals surface area contributed by atoms with Gasteiger partial charge in [0.1, 0.15) is 17.2 Å². The van der Waals surface area contributed by atoms with Crippen molar-refractivity contribution in [3.63, 3.8) is 0 Å². The molecule has 2 heterocycles. The van der Waals surface area contributed by atoms with Crippen LogP contribution < -0.4 is 5.32 Å². The molecule has 0 radical (unpaired) electrons. The first-order valence-corrected chi connectivity index (χ1v) is 11.1. The highest BCUT2D eigenvalue weighted by molar-refractivity contribution is 7.22. The molecular formula is C26H19N3O3S. The van der Waals surface area contributed by atoms with Gasteiger partial charge in [0, 0.05) is 10.3 Å². The Balaban J connectivity index is 1.52. The third kappa shape index (κ3) is 4.53. The molecule has 0 unspecified atom stereocenters. The molecule has 0 fully saturated rings. The van der Waals surface area contributed by atoms with Crippen LogP contribution in [0.25, 0.3) is 31.9 Å². The van der Waals surface area contributed by atoms with Gasteiger partial charge in [-0.15, -0.1) is 11.3 Å². The van der Waals surface area contributed by atoms with Crippen LogP contribution in [0.2, 0.25) is 0 Å². The number of carbonyl (C=O) groups excluding carboxylic acids is 1. The molecule has 0 bridgehead atoms. The van der Waals surface area contributed by atoms with Gasteiger partial charge in [-0.3, -0.25) is 4.79 Å². The standard InChI is InChI=1S/C26H19N3O3S/c30-19-9-5-16(6-10-19)13-24(32)29-26-25(23-14-18-3-1-2-4-22(18)33-23)28-21(15-27-26)17-7-11-20(31)12-8-17/h1-12,14-15,30-31H,13H2,(H,27,29,32). The average molecular weight is 454 g/mol. The molecule has 2 aromatic heterocycles. The lowest BCUT2D eigenvalue weighted by molar-refractivity contribution is -0.115. The summed E-state index contributed by atoms with van der Waals surface area (Å²) in [5.41, 5.74) is 2.81. The van der Waals surface area contributed by atoms with Crippen molar-refractivity contribution in [3.8, 4) is 33.3 Å². The van der Waals surface area contributed by atoms with Gasteiger partial charge in [0.05, 0.1) is 23.2 Å². The van der Waals surface area contributed by atoms with E-state index in [4.69, 9.17) is 4.98 Å². The zero-order valence-electron chi connectivity index (χ0n) is 17.4. The molecule has 0 aliphatic carbocycles. The minimum absolute atomic E-state index is 0.146. The Hall–Kier alpha value is -4.23. The van der Waals surface area contributed by atoms with Gasteiger partial charge in [-0.2, -0.15) is 0 Å². The highest BCUT2D eigenvalue weighted by Crippen LogP contribution is 2.36. The highest BCUT2D eigenvalue weighted by atomic mass is 32.1. The van der Waals surface area contributed by atoms with Crippen molar-refractivity contribution in [2.45, 2.75) is 6.42 Å². The fraction of sp³-hybridized carbons (Fsp3) is 0.0385. The van der Waals surface area contributed by atoms with Gasteiger partial charge in [0.2, 0.25) is 5.91 Å². The number of thiophene rings is 1. The van der Waals surface area contributed by atoms with Crippen LogP contribution in [-0.2, 0) is 11.2 Å². The van der Waals surface area contributed by atoms with Gasteiger partial charge < -0.3 is 15.5 Å². The molecule has 7 heteroatoms. The maximum atomic E-state index is 12.7. The fourth-order valence-corrected chi connectivity index (χ4v) is 4.55. The summed E-state index contributed by atoms with van der Waals surface area (Å²) in [7, 11) is 0. The molecule has 5 rings (SSSR count). The molecule has 0 aliphatic heterocycles. The molecule has 0 saturated heterocycles. The topological polar surface area (TPSA) is 95.3 Å². The maximum absolute atomic E-state index is 12.7. The fourth-order valence-electron chi connectivity index (χ4n) is 3.50. The first-order chi connectivity index (χ1) is 16.0. The summed E-state index contributed by atoms with van der Waals surface area (Å²) in [4.78, 5) is 23.0. The summed E-state index contributed by atoms with van der Waals surface area (Å²) < 4.78 is 1.12. The smallest absolute Gasteiger partial charge is 0.230 e. The van der Waals surface area contributed by atoms with Gasteiger partial charge in [-0.25, -0.2) is 9.97 Å². The number of rotatable bonds is 5. The van der Waals surface area contributed by atoms with E-state index in [1.807, 2.05) is 30.3 Å². The van der Waals surface area contributed by atoms with E-state index >= 15 is 0 Å². The number of aromatic nitrogens is 2. The van der Waals surface area contributed by atoms with E-state index in [-0.39, 0.29) is 23.8 Å². The minimum Gasteiger partial charge on any atom is -0.508 e. The second-order valence-electron chi connectivity index (χ2n) is 7.54. The lowest BCUT2D eigenvalue weighted by Crippen LogP contribution is -2.16. The number of phenolic OH excluding ortho intramolecular Hbond substituents is 2. The Morgan fingerprint density at radius 3 is 2.33 bits per heavy atom. The highest BCUT2D eigenvalue weighted by Gasteiger charge is 2.16. The normalized spacial score (nSPS) is 10.9. The van der Waals surface area contributed by atoms with Crippen molar-refractivity contribution in [2.75, 3.05) is 5.32 Å². The molecule has 162 valence electrons. The predicted molar refractivity (Wildman–Crippen MR) is 130 cm³/mol. The maximum Gasteiger partial charge on any atom is 0.230 e. The molecule has 6 nitrogen and oxygen atoms in total. The summed E-state index contributed by atoms with van der Waals surface area (Å²) in [5.74, 6) is 0.485. The Morgan fingerprint density at radius 1 is 0.909 bits per heavy atom. The van der Waals surface area contributed by atoms with Crippen molar-refractivity contribution >= 4 is 33.1 Å². The molecular weight excluding hydrogens is 434 g/mol. The van der Waals surface area contributed by atoms with Crippen LogP contribution in [0.15, 0.2) is 85.1 Å². The monoisotopic (exact) mass is 453 g/mol. The summed E-state index contributed by atoms with van der Waals surface area (Å²) in [6, 6.07) is 23.4. The van der Waals surface area contributed by atoms with Crippen LogP contribution in [0.4, 0.5) is 5.82 Å². The molecule has 3 aromatic carbocycles. The molecule has 1 amide bonds. The molecule has 5 aromatic rings. The number of amides is 1. The van der Waals surface area contributed by atoms with Gasteiger partial charge in [0.25, 0.3) is 0 Å². The van der Waals surface area contributed by atoms with E-state index in [9.17, 15) is 15.0 Å². The lowest BCUT2D eigenvalue weighted by atomic mass is 10.1. The molecule has 0 atom stereocenters. The number of fused-ring (bicyclic) bond motifs is 1. The zero-order valence-corrected chi connectivity index (χ0v) is 18.2. The van der Waals surface area contributed by atoms with Crippen molar-refractivity contribution in [2.24, 2.45) is 0 Å². The number of nitrogens with zero attached hydrogens (tertiary/aromatic N) is 2. The molecule has 0 saturated carbocycles. The first kappa shape index (κ1) is 20.7. The summed E-state index contributed by atoms with van der Waals surface area (Å²) in [6.07, 6.45) is 1.76. The third-order valence-corrected chi connectivity index (χ3v) is 6.28. The van der Waals surface area contributed by atoms with Crippen molar-refractivity contribution < 1.29 is 15.0 Å². The lowest BCUT2D eigenvalue weighted by Gasteiger charge is -2.11. The second kappa shape index (κ2) is 8.72. The van der Waals surface area contributed by atoms with Crippen LogP contribution in [0.5, 0.6) is 11.5 Å². The SMILES string of the molecule is O=C(Cc1ccc(O)cc1)Nc1ncc(-c2ccc(O)cc2)nc1-c1cc2ccccc2s1. The third-order valence-electron chi connectivity index (χ3n) is 5.15. The Labute approximate surface area is 193 Å². The van der Waals surface area contributed by atoms with Gasteiger partial charge in [-0.05, 0) is 59.5 Å². The quantitative estimate of drug-likeness (QED) is 0.321. The molecule has 0 aliphatic rings. The van der Waals surface area contributed by atoms with E-state index in [1.54, 1.807) is 66.1 Å². The number of hydrogen-bond donors (Lipinski definition) is 3. The van der Waals surface area contributed by atoms with Crippen LogP contribution in [0, 0.1) is 0 Å². The second-order valence-corrected chi connectivity index (χ2v) is 8.62. The zero-order chi connectivity index (χ0) is 22.8. The van der Waals surface area contributed by atoms with E-state index in [2.05, 4.69) is 10.3 Å². The average Bonchev–Trinajstić information content (AvgIpc) is 3.25. The number of phenols is 2. The Bertz CT molecular complexity index is 1410. The number of aromatic hydroxyl groups is 2. The predicted octanol–water partition coefficient (Wildman–Crippen LogP) is 5.62. The van der Waals surface area contributed by atoms with E-state index in [0.717, 1.165) is 26.1 Å². The van der Waals surface area contributed by atoms with Gasteiger partial charge in [-0.1, -0.05) is 30.3 Å². The van der Waals surface area contributed by atoms with Gasteiger partial charge in [0.15, 0.2) is 5.82 Å². The number of hydrogen-bond acceptors (Lipinski definition) is 6. The first-order valence-electron chi connectivity index (χ1n) is 10.3. The van der Waals surface area contributed by atoms with E-state index in [0.29, 0.717) is 17.2 Å². The van der Waals surface area contributed by atoms with Crippen molar-refractivity contribution in [3.05, 3.63) is 90.6 Å². The van der Waals surface area contributed by atoms with Crippen LogP contribution in [0.3, 0.4) is 0 Å². The Morgan fingerprint density at radius 2 is 1.61 bits per heavy atom. The summed E-state index contributed by atoms with van der Waals surface area (Å²) in [5, 5.41) is 23.0.